The number of nitrogens with one attached hydrogen (secondary N) is 1. The molecule has 43 heavy (non-hydrogen) atoms. The van der Waals surface area contributed by atoms with Gasteiger partial charge in [0.15, 0.2) is 0 Å². The highest BCUT2D eigenvalue weighted by atomic mass is 35.5. The Hall–Kier alpha value is -4.37. The second kappa shape index (κ2) is 10.7. The number of azo groups is 1. The van der Waals surface area contributed by atoms with Gasteiger partial charge in [0.2, 0.25) is 17.2 Å². The number of benzene rings is 4. The highest BCUT2D eigenvalue weighted by Gasteiger charge is 2.21. The number of hydrogen-bond acceptors (Lipinski definition) is 13. The van der Waals surface area contributed by atoms with Crippen molar-refractivity contribution < 1.29 is 38.9 Å². The van der Waals surface area contributed by atoms with Gasteiger partial charge in [-0.05, 0) is 54.1 Å². The standard InChI is InChI=1S/C23H16ClN7O9S3/c24-21-27-22(25)29-23(28-21)26-17-6-7-18(13-5-4-12(10-15(13)17)41(32,33)34)31-30-11-8-16-14(20(9-11)43(38,39)40)2-1-3-19(16)42(35,36)37/h1-10H,(H,32,33,34)(H,35,36,37)(H,38,39,40)(H3,25,26,27,28,29). The molecule has 16 nitrogen and oxygen atoms in total. The molecular formula is C23H16ClN7O9S3. The zero-order valence-corrected chi connectivity index (χ0v) is 24.2. The van der Waals surface area contributed by atoms with Gasteiger partial charge in [-0.1, -0.05) is 18.2 Å². The molecule has 20 heteroatoms. The van der Waals surface area contributed by atoms with Crippen molar-refractivity contribution in [1.29, 1.82) is 0 Å². The van der Waals surface area contributed by atoms with Crippen LogP contribution in [0.1, 0.15) is 0 Å². The third-order valence-corrected chi connectivity index (χ3v) is 8.69. The molecule has 0 fully saturated rings. The summed E-state index contributed by atoms with van der Waals surface area (Å²) in [6, 6.07) is 11.9. The number of aromatic nitrogens is 3. The first-order valence-corrected chi connectivity index (χ1v) is 16.1. The number of hydrogen-bond donors (Lipinski definition) is 5. The third-order valence-electron chi connectivity index (χ3n) is 5.87. The Morgan fingerprint density at radius 3 is 2.07 bits per heavy atom. The fourth-order valence-corrected chi connectivity index (χ4v) is 6.22. The van der Waals surface area contributed by atoms with Crippen molar-refractivity contribution in [2.45, 2.75) is 14.7 Å². The molecule has 5 aromatic rings. The van der Waals surface area contributed by atoms with Gasteiger partial charge in [0.25, 0.3) is 30.4 Å². The average molecular weight is 666 g/mol. The Morgan fingerprint density at radius 2 is 1.42 bits per heavy atom. The molecule has 5 rings (SSSR count). The molecular weight excluding hydrogens is 650 g/mol. The Kier molecular flexibility index (Phi) is 7.50. The van der Waals surface area contributed by atoms with E-state index in [2.05, 4.69) is 30.5 Å². The van der Waals surface area contributed by atoms with Crippen LogP contribution in [0.25, 0.3) is 21.5 Å². The lowest BCUT2D eigenvalue weighted by molar-refractivity contribution is 0.481. The summed E-state index contributed by atoms with van der Waals surface area (Å²) >= 11 is 5.83. The molecule has 0 aliphatic rings. The molecule has 0 aliphatic heterocycles. The molecule has 0 unspecified atom stereocenters. The summed E-state index contributed by atoms with van der Waals surface area (Å²) in [5.74, 6) is -0.290. The maximum absolute atomic E-state index is 12.1. The predicted octanol–water partition coefficient (Wildman–Crippen LogP) is 4.31. The number of halogens is 1. The maximum atomic E-state index is 12.1. The van der Waals surface area contributed by atoms with Crippen molar-refractivity contribution in [2.75, 3.05) is 11.1 Å². The SMILES string of the molecule is Nc1nc(Cl)nc(Nc2ccc(N=Nc3cc(S(=O)(=O)O)c4cccc(S(=O)(=O)O)c4c3)c3ccc(S(=O)(=O)O)cc23)n1. The van der Waals surface area contributed by atoms with Gasteiger partial charge in [0.05, 0.1) is 16.3 Å². The first-order chi connectivity index (χ1) is 20.0. The van der Waals surface area contributed by atoms with Gasteiger partial charge in [0, 0.05) is 27.2 Å². The molecule has 4 aromatic carbocycles. The molecule has 0 bridgehead atoms. The zero-order valence-electron chi connectivity index (χ0n) is 21.0. The largest absolute Gasteiger partial charge is 0.368 e. The fourth-order valence-electron chi connectivity index (χ4n) is 4.13. The number of rotatable bonds is 7. The van der Waals surface area contributed by atoms with Crippen molar-refractivity contribution >= 4 is 92.5 Å². The minimum Gasteiger partial charge on any atom is -0.368 e. The molecule has 222 valence electrons. The van der Waals surface area contributed by atoms with Gasteiger partial charge in [-0.15, -0.1) is 5.11 Å². The fraction of sp³-hybridized carbons (Fsp3) is 0. The van der Waals surface area contributed by atoms with E-state index < -0.39 is 45.0 Å². The van der Waals surface area contributed by atoms with E-state index in [1.54, 1.807) is 0 Å². The summed E-state index contributed by atoms with van der Waals surface area (Å²) in [6.45, 7) is 0. The molecule has 1 aromatic heterocycles. The number of nitrogen functional groups attached to an aromatic ring is 1. The summed E-state index contributed by atoms with van der Waals surface area (Å²) in [5, 5.41) is 10.7. The van der Waals surface area contributed by atoms with Crippen LogP contribution in [0.5, 0.6) is 0 Å². The topological polar surface area (TPSA) is 265 Å². The molecule has 0 atom stereocenters. The molecule has 0 radical (unpaired) electrons. The van der Waals surface area contributed by atoms with Crippen LogP contribution in [0.4, 0.5) is 29.0 Å². The molecule has 1 heterocycles. The van der Waals surface area contributed by atoms with Crippen LogP contribution in [-0.4, -0.2) is 53.9 Å². The lowest BCUT2D eigenvalue weighted by atomic mass is 10.1. The van der Waals surface area contributed by atoms with Crippen molar-refractivity contribution in [1.82, 2.24) is 15.0 Å². The quantitative estimate of drug-likeness (QED) is 0.120. The summed E-state index contributed by atoms with van der Waals surface area (Å²) in [6.07, 6.45) is 0. The van der Waals surface area contributed by atoms with Crippen molar-refractivity contribution in [3.63, 3.8) is 0 Å². The van der Waals surface area contributed by atoms with Crippen LogP contribution < -0.4 is 11.1 Å². The number of fused-ring (bicyclic) bond motifs is 2. The monoisotopic (exact) mass is 665 g/mol. The molecule has 6 N–H and O–H groups in total. The Bertz CT molecular complexity index is 2310. The van der Waals surface area contributed by atoms with Gasteiger partial charge in [-0.3, -0.25) is 13.7 Å². The lowest BCUT2D eigenvalue weighted by Gasteiger charge is -2.12. The minimum atomic E-state index is -4.89. The van der Waals surface area contributed by atoms with Gasteiger partial charge in [0.1, 0.15) is 9.79 Å². The maximum Gasteiger partial charge on any atom is 0.295 e. The second-order valence-corrected chi connectivity index (χ2v) is 13.2. The van der Waals surface area contributed by atoms with E-state index in [4.69, 9.17) is 17.3 Å². The van der Waals surface area contributed by atoms with Crippen LogP contribution in [-0.2, 0) is 30.4 Å². The van der Waals surface area contributed by atoms with Gasteiger partial charge in [-0.2, -0.15) is 45.3 Å². The summed E-state index contributed by atoms with van der Waals surface area (Å²) < 4.78 is 101. The highest BCUT2D eigenvalue weighted by molar-refractivity contribution is 7.86. The highest BCUT2D eigenvalue weighted by Crippen LogP contribution is 2.37. The molecule has 0 saturated carbocycles. The zero-order chi connectivity index (χ0) is 31.3. The summed E-state index contributed by atoms with van der Waals surface area (Å²) in [5.41, 5.74) is 5.70. The molecule has 0 amide bonds. The van der Waals surface area contributed by atoms with E-state index in [1.807, 2.05) is 0 Å². The summed E-state index contributed by atoms with van der Waals surface area (Å²) in [4.78, 5) is 9.66. The summed E-state index contributed by atoms with van der Waals surface area (Å²) in [7, 11) is -14.3. The Morgan fingerprint density at radius 1 is 0.698 bits per heavy atom. The molecule has 0 saturated heterocycles. The van der Waals surface area contributed by atoms with Crippen LogP contribution in [0.2, 0.25) is 5.28 Å². The van der Waals surface area contributed by atoms with E-state index in [0.29, 0.717) is 0 Å². The van der Waals surface area contributed by atoms with Crippen molar-refractivity contribution in [3.8, 4) is 0 Å². The normalized spacial score (nSPS) is 12.7. The van der Waals surface area contributed by atoms with Crippen LogP contribution in [0, 0.1) is 0 Å². The smallest absolute Gasteiger partial charge is 0.295 e. The Balaban J connectivity index is 1.69. The van der Waals surface area contributed by atoms with Crippen LogP contribution >= 0.6 is 11.6 Å². The van der Waals surface area contributed by atoms with E-state index in [1.165, 1.54) is 30.3 Å². The van der Waals surface area contributed by atoms with E-state index in [0.717, 1.165) is 30.3 Å². The molecule has 0 aliphatic carbocycles. The predicted molar refractivity (Wildman–Crippen MR) is 154 cm³/mol. The van der Waals surface area contributed by atoms with E-state index in [9.17, 15) is 38.9 Å². The van der Waals surface area contributed by atoms with E-state index in [-0.39, 0.29) is 55.8 Å². The number of nitrogens with zero attached hydrogens (tertiary/aromatic N) is 5. The minimum absolute atomic E-state index is 0.0889. The van der Waals surface area contributed by atoms with Crippen LogP contribution in [0.15, 0.2) is 85.6 Å². The van der Waals surface area contributed by atoms with Gasteiger partial charge >= 0.3 is 0 Å². The van der Waals surface area contributed by atoms with E-state index >= 15 is 0 Å². The second-order valence-electron chi connectivity index (χ2n) is 8.67. The van der Waals surface area contributed by atoms with Gasteiger partial charge < -0.3 is 11.1 Å². The Labute approximate surface area is 247 Å². The van der Waals surface area contributed by atoms with Crippen LogP contribution in [0.3, 0.4) is 0 Å². The van der Waals surface area contributed by atoms with Crippen molar-refractivity contribution in [3.05, 3.63) is 65.9 Å². The number of nitrogens with two attached hydrogens (primary N) is 1. The lowest BCUT2D eigenvalue weighted by Crippen LogP contribution is -2.04. The van der Waals surface area contributed by atoms with Crippen molar-refractivity contribution in [2.24, 2.45) is 10.2 Å². The molecule has 0 spiro atoms. The first-order valence-electron chi connectivity index (χ1n) is 11.4. The van der Waals surface area contributed by atoms with Gasteiger partial charge in [-0.25, -0.2) is 0 Å². The third kappa shape index (κ3) is 6.37. The average Bonchev–Trinajstić information content (AvgIpc) is 2.89. The first kappa shape index (κ1) is 30.1. The number of anilines is 3.